The Morgan fingerprint density at radius 3 is 2.43 bits per heavy atom. The number of sulfonamides is 1. The van der Waals surface area contributed by atoms with Gasteiger partial charge in [-0.3, -0.25) is 4.72 Å². The number of nitrogens with one attached hydrogen (secondary N) is 1. The molecule has 1 aromatic carbocycles. The highest BCUT2D eigenvalue weighted by atomic mass is 79.9. The van der Waals surface area contributed by atoms with Gasteiger partial charge in [-0.25, -0.2) is 18.2 Å². The van der Waals surface area contributed by atoms with E-state index in [1.165, 1.54) is 18.2 Å². The molecule has 2 rings (SSSR count). The lowest BCUT2D eigenvalue weighted by Gasteiger charge is -2.09. The van der Waals surface area contributed by atoms with E-state index in [0.29, 0.717) is 4.47 Å². The molecular formula is C12H8Br2N2O4S. The molecule has 0 atom stereocenters. The average molecular weight is 436 g/mol. The molecule has 0 bridgehead atoms. The van der Waals surface area contributed by atoms with Crippen LogP contribution in [0, 0.1) is 0 Å². The highest BCUT2D eigenvalue weighted by Gasteiger charge is 2.18. The van der Waals surface area contributed by atoms with Crippen LogP contribution in [0.4, 0.5) is 5.82 Å². The standard InChI is InChI=1S/C12H8Br2N2O4S/c13-8-2-3-10(9(14)5-8)21(19,20)16-11-4-1-7(6-15-11)12(17)18/h1-6H,(H,15,16)(H,17,18). The minimum Gasteiger partial charge on any atom is -0.478 e. The second kappa shape index (κ2) is 6.12. The summed E-state index contributed by atoms with van der Waals surface area (Å²) >= 11 is 6.42. The summed E-state index contributed by atoms with van der Waals surface area (Å²) in [6.45, 7) is 0. The highest BCUT2D eigenvalue weighted by molar-refractivity contribution is 9.11. The Kier molecular flexibility index (Phi) is 4.64. The molecule has 0 saturated heterocycles. The SMILES string of the molecule is O=C(O)c1ccc(NS(=O)(=O)c2ccc(Br)cc2Br)nc1. The Hall–Kier alpha value is -1.45. The number of pyridine rings is 1. The van der Waals surface area contributed by atoms with Crippen molar-refractivity contribution in [3.8, 4) is 0 Å². The van der Waals surface area contributed by atoms with Gasteiger partial charge in [0.1, 0.15) is 10.7 Å². The zero-order valence-electron chi connectivity index (χ0n) is 10.2. The van der Waals surface area contributed by atoms with Crippen LogP contribution < -0.4 is 4.72 Å². The van der Waals surface area contributed by atoms with Crippen molar-refractivity contribution < 1.29 is 18.3 Å². The Morgan fingerprint density at radius 1 is 1.19 bits per heavy atom. The van der Waals surface area contributed by atoms with Crippen LogP contribution in [0.15, 0.2) is 50.4 Å². The van der Waals surface area contributed by atoms with Crippen molar-refractivity contribution in [1.82, 2.24) is 4.98 Å². The molecule has 0 saturated carbocycles. The Morgan fingerprint density at radius 2 is 1.90 bits per heavy atom. The summed E-state index contributed by atoms with van der Waals surface area (Å²) in [4.78, 5) is 14.5. The van der Waals surface area contributed by atoms with E-state index < -0.39 is 16.0 Å². The Balaban J connectivity index is 2.30. The molecule has 0 spiro atoms. The number of aromatic carboxylic acids is 1. The fraction of sp³-hybridized carbons (Fsp3) is 0. The van der Waals surface area contributed by atoms with Gasteiger partial charge in [0.15, 0.2) is 0 Å². The van der Waals surface area contributed by atoms with E-state index in [9.17, 15) is 13.2 Å². The third-order valence-corrected chi connectivity index (χ3v) is 5.26. The van der Waals surface area contributed by atoms with E-state index >= 15 is 0 Å². The number of hydrogen-bond donors (Lipinski definition) is 2. The Bertz CT molecular complexity index is 791. The number of carboxylic acid groups (broad SMARTS) is 1. The second-order valence-corrected chi connectivity index (χ2v) is 7.34. The van der Waals surface area contributed by atoms with Crippen molar-refractivity contribution in [2.24, 2.45) is 0 Å². The van der Waals surface area contributed by atoms with Crippen molar-refractivity contribution in [3.63, 3.8) is 0 Å². The molecule has 2 N–H and O–H groups in total. The third kappa shape index (κ3) is 3.80. The number of carboxylic acids is 1. The number of halogens is 2. The van der Waals surface area contributed by atoms with E-state index in [-0.39, 0.29) is 16.3 Å². The predicted molar refractivity (Wildman–Crippen MR) is 83.8 cm³/mol. The zero-order valence-corrected chi connectivity index (χ0v) is 14.2. The quantitative estimate of drug-likeness (QED) is 0.768. The fourth-order valence-corrected chi connectivity index (χ4v) is 4.22. The van der Waals surface area contributed by atoms with Crippen molar-refractivity contribution in [2.45, 2.75) is 4.90 Å². The van der Waals surface area contributed by atoms with E-state index in [2.05, 4.69) is 41.6 Å². The second-order valence-electron chi connectivity index (χ2n) is 3.92. The van der Waals surface area contributed by atoms with Gasteiger partial charge in [-0.2, -0.15) is 0 Å². The minimum absolute atomic E-state index is 0.0252. The van der Waals surface area contributed by atoms with Gasteiger partial charge in [0.05, 0.1) is 5.56 Å². The molecule has 0 fully saturated rings. The first-order valence-corrected chi connectivity index (χ1v) is 8.54. The number of hydrogen-bond acceptors (Lipinski definition) is 4. The number of rotatable bonds is 4. The van der Waals surface area contributed by atoms with Crippen LogP contribution in [-0.2, 0) is 10.0 Å². The summed E-state index contributed by atoms with van der Waals surface area (Å²) in [5.74, 6) is -1.10. The molecule has 0 aliphatic heterocycles. The predicted octanol–water partition coefficient (Wildman–Crippen LogP) is 3.11. The van der Waals surface area contributed by atoms with Crippen LogP contribution in [0.2, 0.25) is 0 Å². The van der Waals surface area contributed by atoms with Crippen LogP contribution >= 0.6 is 31.9 Å². The highest BCUT2D eigenvalue weighted by Crippen LogP contribution is 2.27. The maximum Gasteiger partial charge on any atom is 0.337 e. The maximum atomic E-state index is 12.2. The van der Waals surface area contributed by atoms with E-state index in [1.54, 1.807) is 12.1 Å². The first-order chi connectivity index (χ1) is 9.79. The molecule has 0 aliphatic rings. The summed E-state index contributed by atoms with van der Waals surface area (Å²) in [6, 6.07) is 7.19. The van der Waals surface area contributed by atoms with Crippen LogP contribution in [-0.4, -0.2) is 24.5 Å². The van der Waals surface area contributed by atoms with Crippen molar-refractivity contribution in [2.75, 3.05) is 4.72 Å². The van der Waals surface area contributed by atoms with Gasteiger partial charge >= 0.3 is 5.97 Å². The van der Waals surface area contributed by atoms with E-state index in [4.69, 9.17) is 5.11 Å². The molecule has 0 radical (unpaired) electrons. The van der Waals surface area contributed by atoms with Gasteiger partial charge in [0.25, 0.3) is 10.0 Å². The summed E-state index contributed by atoms with van der Waals surface area (Å²) in [5.41, 5.74) is -0.0252. The maximum absolute atomic E-state index is 12.2. The lowest BCUT2D eigenvalue weighted by atomic mass is 10.3. The molecule has 21 heavy (non-hydrogen) atoms. The monoisotopic (exact) mass is 434 g/mol. The fourth-order valence-electron chi connectivity index (χ4n) is 1.47. The van der Waals surface area contributed by atoms with Gasteiger partial charge in [-0.1, -0.05) is 15.9 Å². The lowest BCUT2D eigenvalue weighted by Crippen LogP contribution is -2.14. The van der Waals surface area contributed by atoms with Crippen LogP contribution in [0.3, 0.4) is 0 Å². The first kappa shape index (κ1) is 15.9. The molecule has 0 amide bonds. The molecule has 110 valence electrons. The number of nitrogens with zero attached hydrogens (tertiary/aromatic N) is 1. The van der Waals surface area contributed by atoms with E-state index in [0.717, 1.165) is 10.7 Å². The third-order valence-electron chi connectivity index (χ3n) is 2.43. The minimum atomic E-state index is -3.82. The molecule has 2 aromatic rings. The van der Waals surface area contributed by atoms with Gasteiger partial charge in [-0.05, 0) is 46.3 Å². The van der Waals surface area contributed by atoms with Crippen LogP contribution in [0.1, 0.15) is 10.4 Å². The summed E-state index contributed by atoms with van der Waals surface area (Å²) in [7, 11) is -3.82. The zero-order chi connectivity index (χ0) is 15.6. The normalized spacial score (nSPS) is 11.1. The van der Waals surface area contributed by atoms with E-state index in [1.807, 2.05) is 0 Å². The van der Waals surface area contributed by atoms with Gasteiger partial charge in [0.2, 0.25) is 0 Å². The largest absolute Gasteiger partial charge is 0.478 e. The summed E-state index contributed by atoms with van der Waals surface area (Å²) < 4.78 is 27.9. The molecule has 1 heterocycles. The number of anilines is 1. The van der Waals surface area contributed by atoms with Crippen molar-refractivity contribution in [3.05, 3.63) is 51.0 Å². The van der Waals surface area contributed by atoms with Gasteiger partial charge in [0, 0.05) is 15.1 Å². The van der Waals surface area contributed by atoms with Crippen LogP contribution in [0.25, 0.3) is 0 Å². The average Bonchev–Trinajstić information content (AvgIpc) is 2.38. The number of carbonyl (C=O) groups is 1. The Labute approximate surface area is 137 Å². The number of aromatic nitrogens is 1. The first-order valence-electron chi connectivity index (χ1n) is 5.47. The van der Waals surface area contributed by atoms with Crippen LogP contribution in [0.5, 0.6) is 0 Å². The van der Waals surface area contributed by atoms with Crippen molar-refractivity contribution in [1.29, 1.82) is 0 Å². The molecule has 0 unspecified atom stereocenters. The smallest absolute Gasteiger partial charge is 0.337 e. The lowest BCUT2D eigenvalue weighted by molar-refractivity contribution is 0.0696. The molecule has 6 nitrogen and oxygen atoms in total. The van der Waals surface area contributed by atoms with Gasteiger partial charge < -0.3 is 5.11 Å². The molecule has 0 aliphatic carbocycles. The molecule has 9 heteroatoms. The topological polar surface area (TPSA) is 96.4 Å². The molecule has 1 aromatic heterocycles. The summed E-state index contributed by atoms with van der Waals surface area (Å²) in [6.07, 6.45) is 1.08. The molecular weight excluding hydrogens is 428 g/mol. The van der Waals surface area contributed by atoms with Crippen molar-refractivity contribution >= 4 is 53.7 Å². The van der Waals surface area contributed by atoms with Gasteiger partial charge in [-0.15, -0.1) is 0 Å². The number of benzene rings is 1. The summed E-state index contributed by atoms with van der Waals surface area (Å²) in [5, 5.41) is 8.76.